The van der Waals surface area contributed by atoms with E-state index in [1.54, 1.807) is 18.5 Å². The Kier molecular flexibility index (Phi) is 4.86. The van der Waals surface area contributed by atoms with Crippen LogP contribution in [-0.2, 0) is 10.0 Å². The number of sulfonamides is 1. The molecule has 6 nitrogen and oxygen atoms in total. The van der Waals surface area contributed by atoms with Crippen molar-refractivity contribution in [2.75, 3.05) is 0 Å². The molecule has 0 aliphatic heterocycles. The maximum atomic E-state index is 12.2. The van der Waals surface area contributed by atoms with Crippen molar-refractivity contribution in [2.45, 2.75) is 37.1 Å². The quantitative estimate of drug-likeness (QED) is 0.817. The van der Waals surface area contributed by atoms with Crippen LogP contribution in [0.4, 0.5) is 0 Å². The second-order valence-corrected chi connectivity index (χ2v) is 6.25. The summed E-state index contributed by atoms with van der Waals surface area (Å²) in [7, 11) is -3.57. The number of hydrogen-bond acceptors (Lipinski definition) is 4. The minimum absolute atomic E-state index is 0.142. The monoisotopic (exact) mass is 294 g/mol. The molecule has 20 heavy (non-hydrogen) atoms. The molecule has 0 saturated carbocycles. The van der Waals surface area contributed by atoms with E-state index in [-0.39, 0.29) is 10.9 Å². The van der Waals surface area contributed by atoms with E-state index in [1.165, 1.54) is 12.4 Å². The third-order valence-electron chi connectivity index (χ3n) is 3.01. The van der Waals surface area contributed by atoms with Crippen molar-refractivity contribution in [3.63, 3.8) is 0 Å². The van der Waals surface area contributed by atoms with Gasteiger partial charge in [-0.2, -0.15) is 5.10 Å². The molecule has 0 amide bonds. The standard InChI is InChI=1S/C13H18N4O2S/c1-2-3-6-13(11-5-4-7-14-8-11)17-20(18,19)12-9-15-16-10-12/h4-5,7-10,13,17H,2-3,6H2,1H3,(H,15,16). The fourth-order valence-electron chi connectivity index (χ4n) is 1.93. The summed E-state index contributed by atoms with van der Waals surface area (Å²) in [6, 6.07) is 3.41. The highest BCUT2D eigenvalue weighted by Crippen LogP contribution is 2.21. The fourth-order valence-corrected chi connectivity index (χ4v) is 3.09. The van der Waals surface area contributed by atoms with E-state index < -0.39 is 10.0 Å². The summed E-state index contributed by atoms with van der Waals surface area (Å²) in [6.45, 7) is 2.07. The summed E-state index contributed by atoms with van der Waals surface area (Å²) >= 11 is 0. The summed E-state index contributed by atoms with van der Waals surface area (Å²) in [5.41, 5.74) is 0.869. The van der Waals surface area contributed by atoms with Crippen LogP contribution in [0.1, 0.15) is 37.8 Å². The van der Waals surface area contributed by atoms with Crippen molar-refractivity contribution < 1.29 is 8.42 Å². The molecule has 7 heteroatoms. The molecule has 0 aliphatic rings. The molecular weight excluding hydrogens is 276 g/mol. The molecule has 0 bridgehead atoms. The van der Waals surface area contributed by atoms with Gasteiger partial charge in [-0.3, -0.25) is 10.1 Å². The zero-order valence-electron chi connectivity index (χ0n) is 11.3. The van der Waals surface area contributed by atoms with Crippen molar-refractivity contribution in [2.24, 2.45) is 0 Å². The molecule has 1 unspecified atom stereocenters. The first-order valence-electron chi connectivity index (χ1n) is 6.54. The van der Waals surface area contributed by atoms with Gasteiger partial charge in [0.25, 0.3) is 0 Å². The predicted molar refractivity (Wildman–Crippen MR) is 75.4 cm³/mol. The van der Waals surface area contributed by atoms with Crippen LogP contribution < -0.4 is 4.72 Å². The smallest absolute Gasteiger partial charge is 0.244 e. The number of nitrogens with zero attached hydrogens (tertiary/aromatic N) is 2. The molecule has 2 aromatic rings. The van der Waals surface area contributed by atoms with E-state index in [0.717, 1.165) is 24.8 Å². The lowest BCUT2D eigenvalue weighted by atomic mass is 10.0. The second kappa shape index (κ2) is 6.62. The Morgan fingerprint density at radius 3 is 2.85 bits per heavy atom. The van der Waals surface area contributed by atoms with Gasteiger partial charge in [-0.05, 0) is 18.1 Å². The van der Waals surface area contributed by atoms with Crippen LogP contribution in [0.3, 0.4) is 0 Å². The maximum Gasteiger partial charge on any atom is 0.244 e. The predicted octanol–water partition coefficient (Wildman–Crippen LogP) is 2.01. The lowest BCUT2D eigenvalue weighted by Gasteiger charge is -2.18. The third-order valence-corrected chi connectivity index (χ3v) is 4.45. The summed E-state index contributed by atoms with van der Waals surface area (Å²) in [6.07, 6.45) is 8.70. The first-order chi connectivity index (χ1) is 9.63. The van der Waals surface area contributed by atoms with Gasteiger partial charge in [-0.15, -0.1) is 0 Å². The van der Waals surface area contributed by atoms with Crippen molar-refractivity contribution in [1.82, 2.24) is 19.9 Å². The van der Waals surface area contributed by atoms with Crippen molar-refractivity contribution >= 4 is 10.0 Å². The molecule has 0 aliphatic carbocycles. The Morgan fingerprint density at radius 1 is 1.40 bits per heavy atom. The zero-order valence-corrected chi connectivity index (χ0v) is 12.1. The van der Waals surface area contributed by atoms with Gasteiger partial charge in [0.1, 0.15) is 4.90 Å². The van der Waals surface area contributed by atoms with E-state index in [1.807, 2.05) is 6.07 Å². The van der Waals surface area contributed by atoms with Gasteiger partial charge in [0.05, 0.1) is 6.20 Å². The highest BCUT2D eigenvalue weighted by molar-refractivity contribution is 7.89. The molecule has 0 saturated heterocycles. The maximum absolute atomic E-state index is 12.2. The van der Waals surface area contributed by atoms with Crippen LogP contribution in [0.25, 0.3) is 0 Å². The first kappa shape index (κ1) is 14.7. The van der Waals surface area contributed by atoms with Gasteiger partial charge in [0.2, 0.25) is 10.0 Å². The lowest BCUT2D eigenvalue weighted by Crippen LogP contribution is -2.28. The molecule has 2 N–H and O–H groups in total. The molecule has 2 heterocycles. The van der Waals surface area contributed by atoms with Crippen LogP contribution in [0.2, 0.25) is 0 Å². The Hall–Kier alpha value is -1.73. The van der Waals surface area contributed by atoms with E-state index in [2.05, 4.69) is 26.8 Å². The van der Waals surface area contributed by atoms with Crippen LogP contribution in [0, 0.1) is 0 Å². The minimum Gasteiger partial charge on any atom is -0.284 e. The molecule has 2 aromatic heterocycles. The summed E-state index contributed by atoms with van der Waals surface area (Å²) < 4.78 is 27.2. The van der Waals surface area contributed by atoms with Crippen molar-refractivity contribution in [1.29, 1.82) is 0 Å². The van der Waals surface area contributed by atoms with Crippen molar-refractivity contribution in [3.8, 4) is 0 Å². The number of rotatable bonds is 7. The van der Waals surface area contributed by atoms with Crippen molar-refractivity contribution in [3.05, 3.63) is 42.5 Å². The first-order valence-corrected chi connectivity index (χ1v) is 8.03. The number of H-pyrrole nitrogens is 1. The second-order valence-electron chi connectivity index (χ2n) is 4.54. The molecule has 0 aromatic carbocycles. The number of pyridine rings is 1. The fraction of sp³-hybridized carbons (Fsp3) is 0.385. The Morgan fingerprint density at radius 2 is 2.25 bits per heavy atom. The average Bonchev–Trinajstić information content (AvgIpc) is 2.99. The van der Waals surface area contributed by atoms with Crippen LogP contribution >= 0.6 is 0 Å². The molecule has 0 radical (unpaired) electrons. The topological polar surface area (TPSA) is 87.7 Å². The highest BCUT2D eigenvalue weighted by atomic mass is 32.2. The summed E-state index contributed by atoms with van der Waals surface area (Å²) in [4.78, 5) is 4.19. The van der Waals surface area contributed by atoms with Crippen LogP contribution in [0.15, 0.2) is 41.8 Å². The highest BCUT2D eigenvalue weighted by Gasteiger charge is 2.21. The van der Waals surface area contributed by atoms with Crippen LogP contribution in [-0.4, -0.2) is 23.6 Å². The van der Waals surface area contributed by atoms with Gasteiger partial charge in [0, 0.05) is 24.6 Å². The molecular formula is C13H18N4O2S. The molecule has 0 spiro atoms. The van der Waals surface area contributed by atoms with Gasteiger partial charge >= 0.3 is 0 Å². The van der Waals surface area contributed by atoms with Gasteiger partial charge in [0.15, 0.2) is 0 Å². The number of nitrogens with one attached hydrogen (secondary N) is 2. The van der Waals surface area contributed by atoms with E-state index >= 15 is 0 Å². The van der Waals surface area contributed by atoms with Gasteiger partial charge in [-0.25, -0.2) is 13.1 Å². The number of aromatic amines is 1. The normalized spacial score (nSPS) is 13.2. The van der Waals surface area contributed by atoms with Crippen LogP contribution in [0.5, 0.6) is 0 Å². The van der Waals surface area contributed by atoms with Gasteiger partial charge in [-0.1, -0.05) is 25.8 Å². The summed E-state index contributed by atoms with van der Waals surface area (Å²) in [5, 5.41) is 6.18. The molecule has 0 fully saturated rings. The SMILES string of the molecule is CCCCC(NS(=O)(=O)c1cn[nH]c1)c1cccnc1. The van der Waals surface area contributed by atoms with E-state index in [4.69, 9.17) is 0 Å². The van der Waals surface area contributed by atoms with E-state index in [0.29, 0.717) is 0 Å². The van der Waals surface area contributed by atoms with Gasteiger partial charge < -0.3 is 0 Å². The molecule has 1 atom stereocenters. The number of hydrogen-bond donors (Lipinski definition) is 2. The number of aromatic nitrogens is 3. The van der Waals surface area contributed by atoms with E-state index in [9.17, 15) is 8.42 Å². The Balaban J connectivity index is 2.20. The third kappa shape index (κ3) is 3.64. The Bertz CT molecular complexity index is 611. The summed E-state index contributed by atoms with van der Waals surface area (Å²) in [5.74, 6) is 0. The number of unbranched alkanes of at least 4 members (excludes halogenated alkanes) is 1. The lowest BCUT2D eigenvalue weighted by molar-refractivity contribution is 0.524. The molecule has 108 valence electrons. The largest absolute Gasteiger partial charge is 0.284 e. The minimum atomic E-state index is -3.57. The Labute approximate surface area is 118 Å². The zero-order chi connectivity index (χ0) is 14.4. The molecule has 2 rings (SSSR count). The average molecular weight is 294 g/mol.